The van der Waals surface area contributed by atoms with E-state index in [-0.39, 0.29) is 0 Å². The van der Waals surface area contributed by atoms with Gasteiger partial charge in [-0.1, -0.05) is 5.92 Å². The van der Waals surface area contributed by atoms with E-state index in [4.69, 9.17) is 5.73 Å². The summed E-state index contributed by atoms with van der Waals surface area (Å²) >= 11 is 1.51. The number of nitrogens with two attached hydrogens (primary N) is 1. The van der Waals surface area contributed by atoms with Crippen LogP contribution in [0, 0.1) is 11.2 Å². The first kappa shape index (κ1) is 8.03. The number of rotatable bonds is 1. The number of nitrogen functional groups attached to an aromatic ring is 1. The van der Waals surface area contributed by atoms with Crippen molar-refractivity contribution < 1.29 is 0 Å². The highest BCUT2D eigenvalue weighted by Crippen LogP contribution is 2.17. The molecule has 0 aliphatic carbocycles. The molecule has 0 fully saturated rings. The molecule has 1 aromatic carbocycles. The van der Waals surface area contributed by atoms with Gasteiger partial charge in [-0.3, -0.25) is 0 Å². The van der Waals surface area contributed by atoms with E-state index in [0.29, 0.717) is 0 Å². The zero-order valence-electron chi connectivity index (χ0n) is 6.29. The van der Waals surface area contributed by atoms with Crippen molar-refractivity contribution in [3.8, 4) is 11.2 Å². The summed E-state index contributed by atoms with van der Waals surface area (Å²) in [7, 11) is 0. The SMILES string of the molecule is CC#CSc1ccc(N)cc1. The summed E-state index contributed by atoms with van der Waals surface area (Å²) in [5, 5.41) is 2.91. The maximum Gasteiger partial charge on any atom is 0.0314 e. The summed E-state index contributed by atoms with van der Waals surface area (Å²) in [5.41, 5.74) is 6.30. The minimum Gasteiger partial charge on any atom is -0.399 e. The molecule has 0 radical (unpaired) electrons. The summed E-state index contributed by atoms with van der Waals surface area (Å²) in [6.45, 7) is 1.82. The monoisotopic (exact) mass is 163 g/mol. The van der Waals surface area contributed by atoms with Gasteiger partial charge in [-0.25, -0.2) is 0 Å². The van der Waals surface area contributed by atoms with Gasteiger partial charge in [-0.05, 0) is 48.2 Å². The topological polar surface area (TPSA) is 26.0 Å². The van der Waals surface area contributed by atoms with Gasteiger partial charge in [0.15, 0.2) is 0 Å². The van der Waals surface area contributed by atoms with E-state index >= 15 is 0 Å². The summed E-state index contributed by atoms with van der Waals surface area (Å²) in [6.07, 6.45) is 0. The highest BCUT2D eigenvalue weighted by molar-refractivity contribution is 8.03. The molecule has 0 saturated carbocycles. The second kappa shape index (κ2) is 3.95. The van der Waals surface area contributed by atoms with Crippen LogP contribution in [0.25, 0.3) is 0 Å². The zero-order chi connectivity index (χ0) is 8.10. The van der Waals surface area contributed by atoms with Crippen molar-refractivity contribution in [1.29, 1.82) is 0 Å². The number of anilines is 1. The Bertz CT molecular complexity index is 279. The van der Waals surface area contributed by atoms with Gasteiger partial charge in [0.25, 0.3) is 0 Å². The predicted molar refractivity (Wildman–Crippen MR) is 50.2 cm³/mol. The molecule has 0 aliphatic rings. The van der Waals surface area contributed by atoms with Crippen LogP contribution < -0.4 is 5.73 Å². The molecule has 0 aromatic heterocycles. The van der Waals surface area contributed by atoms with E-state index in [1.54, 1.807) is 0 Å². The van der Waals surface area contributed by atoms with Crippen LogP contribution in [0.5, 0.6) is 0 Å². The lowest BCUT2D eigenvalue weighted by molar-refractivity contribution is 1.47. The first-order valence-electron chi connectivity index (χ1n) is 3.27. The van der Waals surface area contributed by atoms with Crippen molar-refractivity contribution in [2.75, 3.05) is 5.73 Å². The zero-order valence-corrected chi connectivity index (χ0v) is 7.11. The smallest absolute Gasteiger partial charge is 0.0314 e. The Labute approximate surface area is 71.0 Å². The fraction of sp³-hybridized carbons (Fsp3) is 0.111. The van der Waals surface area contributed by atoms with Gasteiger partial charge in [0.1, 0.15) is 0 Å². The van der Waals surface area contributed by atoms with Gasteiger partial charge in [-0.15, -0.1) is 0 Å². The minimum absolute atomic E-state index is 0.791. The van der Waals surface area contributed by atoms with Crippen LogP contribution in [0.3, 0.4) is 0 Å². The molecule has 56 valence electrons. The van der Waals surface area contributed by atoms with E-state index in [1.165, 1.54) is 11.8 Å². The number of thioether (sulfide) groups is 1. The van der Waals surface area contributed by atoms with Crippen LogP contribution >= 0.6 is 11.8 Å². The molecule has 0 spiro atoms. The molecule has 0 atom stereocenters. The molecule has 2 N–H and O–H groups in total. The lowest BCUT2D eigenvalue weighted by Crippen LogP contribution is -1.81. The first-order chi connectivity index (χ1) is 5.33. The van der Waals surface area contributed by atoms with Crippen LogP contribution in [-0.4, -0.2) is 0 Å². The molecule has 11 heavy (non-hydrogen) atoms. The molecular weight excluding hydrogens is 154 g/mol. The second-order valence-corrected chi connectivity index (χ2v) is 2.90. The molecule has 1 aromatic rings. The van der Waals surface area contributed by atoms with E-state index in [1.807, 2.05) is 31.2 Å². The van der Waals surface area contributed by atoms with Crippen molar-refractivity contribution in [3.05, 3.63) is 24.3 Å². The van der Waals surface area contributed by atoms with E-state index in [2.05, 4.69) is 11.2 Å². The van der Waals surface area contributed by atoms with Crippen molar-refractivity contribution >= 4 is 17.4 Å². The third-order valence-corrected chi connectivity index (χ3v) is 1.97. The van der Waals surface area contributed by atoms with Crippen LogP contribution in [0.2, 0.25) is 0 Å². The van der Waals surface area contributed by atoms with Crippen LogP contribution in [0.1, 0.15) is 6.92 Å². The highest BCUT2D eigenvalue weighted by atomic mass is 32.2. The minimum atomic E-state index is 0.791. The summed E-state index contributed by atoms with van der Waals surface area (Å²) in [6, 6.07) is 7.67. The molecule has 0 bridgehead atoms. The lowest BCUT2D eigenvalue weighted by atomic mass is 10.3. The van der Waals surface area contributed by atoms with Gasteiger partial charge in [0.2, 0.25) is 0 Å². The molecule has 0 amide bonds. The summed E-state index contributed by atoms with van der Waals surface area (Å²) in [5.74, 6) is 2.81. The van der Waals surface area contributed by atoms with Gasteiger partial charge in [0.05, 0.1) is 0 Å². The van der Waals surface area contributed by atoms with Crippen molar-refractivity contribution in [3.63, 3.8) is 0 Å². The number of benzene rings is 1. The normalized spacial score (nSPS) is 8.45. The molecule has 0 aliphatic heterocycles. The molecule has 0 saturated heterocycles. The average molecular weight is 163 g/mol. The Morgan fingerprint density at radius 2 is 1.91 bits per heavy atom. The maximum atomic E-state index is 5.51. The first-order valence-corrected chi connectivity index (χ1v) is 4.08. The number of hydrogen-bond acceptors (Lipinski definition) is 2. The van der Waals surface area contributed by atoms with Crippen LogP contribution in [0.15, 0.2) is 29.2 Å². The Morgan fingerprint density at radius 1 is 1.27 bits per heavy atom. The molecule has 1 rings (SSSR count). The Balaban J connectivity index is 2.71. The lowest BCUT2D eigenvalue weighted by Gasteiger charge is -1.93. The fourth-order valence-electron chi connectivity index (χ4n) is 0.646. The largest absolute Gasteiger partial charge is 0.399 e. The molecule has 0 heterocycles. The van der Waals surface area contributed by atoms with E-state index in [9.17, 15) is 0 Å². The molecule has 0 unspecified atom stereocenters. The molecule has 2 heteroatoms. The average Bonchev–Trinajstić information content (AvgIpc) is 2.04. The van der Waals surface area contributed by atoms with Crippen LogP contribution in [-0.2, 0) is 0 Å². The van der Waals surface area contributed by atoms with Gasteiger partial charge < -0.3 is 5.73 Å². The van der Waals surface area contributed by atoms with Gasteiger partial charge in [0, 0.05) is 10.6 Å². The Hall–Kier alpha value is -1.07. The third-order valence-electron chi connectivity index (χ3n) is 1.15. The third kappa shape index (κ3) is 2.57. The maximum absolute atomic E-state index is 5.51. The van der Waals surface area contributed by atoms with Crippen molar-refractivity contribution in [2.45, 2.75) is 11.8 Å². The highest BCUT2D eigenvalue weighted by Gasteiger charge is 1.88. The van der Waals surface area contributed by atoms with Gasteiger partial charge in [-0.2, -0.15) is 0 Å². The fourth-order valence-corrected chi connectivity index (χ4v) is 1.14. The second-order valence-electron chi connectivity index (χ2n) is 2.02. The summed E-state index contributed by atoms with van der Waals surface area (Å²) in [4.78, 5) is 1.13. The summed E-state index contributed by atoms with van der Waals surface area (Å²) < 4.78 is 0. The molecular formula is C9H9NS. The van der Waals surface area contributed by atoms with Crippen molar-refractivity contribution in [2.24, 2.45) is 0 Å². The van der Waals surface area contributed by atoms with E-state index < -0.39 is 0 Å². The number of hydrogen-bond donors (Lipinski definition) is 1. The van der Waals surface area contributed by atoms with Crippen LogP contribution in [0.4, 0.5) is 5.69 Å². The van der Waals surface area contributed by atoms with E-state index in [0.717, 1.165) is 10.6 Å². The quantitative estimate of drug-likeness (QED) is 0.390. The Kier molecular flexibility index (Phi) is 2.88. The standard InChI is InChI=1S/C9H9NS/c1-2-7-11-9-5-3-8(10)4-6-9/h3-6H,10H2,1H3. The van der Waals surface area contributed by atoms with Crippen molar-refractivity contribution in [1.82, 2.24) is 0 Å². The predicted octanol–water partition coefficient (Wildman–Crippen LogP) is 2.34. The Morgan fingerprint density at radius 3 is 2.45 bits per heavy atom. The molecule has 1 nitrogen and oxygen atoms in total. The van der Waals surface area contributed by atoms with Gasteiger partial charge >= 0.3 is 0 Å².